The molecule has 0 aliphatic heterocycles. The second-order valence-corrected chi connectivity index (χ2v) is 1.01. The van der Waals surface area contributed by atoms with Gasteiger partial charge in [0.25, 0.3) is 0 Å². The van der Waals surface area contributed by atoms with E-state index < -0.39 is 12.1 Å². The molecule has 0 heterocycles. The van der Waals surface area contributed by atoms with Crippen LogP contribution in [0.2, 0.25) is 0 Å². The number of carbonyl (C=O) groups is 1. The summed E-state index contributed by atoms with van der Waals surface area (Å²) >= 11 is 0. The molecular formula is C3H8O3S. The molecule has 0 aromatic heterocycles. The van der Waals surface area contributed by atoms with Crippen LogP contribution in [0, 0.1) is 0 Å². The zero-order chi connectivity index (χ0) is 5.15. The van der Waals surface area contributed by atoms with E-state index in [1.807, 2.05) is 0 Å². The van der Waals surface area contributed by atoms with Gasteiger partial charge in [0.05, 0.1) is 0 Å². The molecule has 0 aromatic rings. The number of carboxylic acid groups (broad SMARTS) is 1. The average molecular weight is 124 g/mol. The molecule has 0 saturated carbocycles. The Bertz CT molecular complexity index is 61.2. The van der Waals surface area contributed by atoms with Crippen LogP contribution in [0.15, 0.2) is 0 Å². The summed E-state index contributed by atoms with van der Waals surface area (Å²) in [6.45, 7) is 1.20. The molecule has 44 valence electrons. The summed E-state index contributed by atoms with van der Waals surface area (Å²) in [6, 6.07) is 0. The van der Waals surface area contributed by atoms with E-state index in [4.69, 9.17) is 10.2 Å². The molecule has 0 bridgehead atoms. The van der Waals surface area contributed by atoms with Gasteiger partial charge in [-0.05, 0) is 6.92 Å². The second-order valence-electron chi connectivity index (χ2n) is 1.01. The van der Waals surface area contributed by atoms with Crippen LogP contribution in [0.1, 0.15) is 6.92 Å². The average Bonchev–Trinajstić information content (AvgIpc) is 1.36. The summed E-state index contributed by atoms with van der Waals surface area (Å²) in [5.41, 5.74) is 0. The standard InChI is InChI=1S/C3H6O3.H2S/c1-2(4)3(5)6;/h2,4H,1H3,(H,5,6);1H2. The highest BCUT2D eigenvalue weighted by Gasteiger charge is 2.01. The van der Waals surface area contributed by atoms with Crippen molar-refractivity contribution in [2.24, 2.45) is 0 Å². The van der Waals surface area contributed by atoms with Crippen LogP contribution >= 0.6 is 13.5 Å². The van der Waals surface area contributed by atoms with Crippen molar-refractivity contribution in [2.75, 3.05) is 0 Å². The molecule has 0 amide bonds. The minimum absolute atomic E-state index is 0. The SMILES string of the molecule is CC(O)C(=O)O.S. The van der Waals surface area contributed by atoms with Crippen molar-refractivity contribution in [1.82, 2.24) is 0 Å². The third-order valence-electron chi connectivity index (χ3n) is 0.357. The first kappa shape index (κ1) is 9.91. The number of aliphatic hydroxyl groups is 1. The normalized spacial score (nSPS) is 11.7. The van der Waals surface area contributed by atoms with Crippen LogP contribution in [0.3, 0.4) is 0 Å². The molecule has 0 fully saturated rings. The Morgan fingerprint density at radius 2 is 1.86 bits per heavy atom. The number of carboxylic acids is 1. The Kier molecular flexibility index (Phi) is 5.60. The number of rotatable bonds is 1. The van der Waals surface area contributed by atoms with Crippen molar-refractivity contribution < 1.29 is 15.0 Å². The van der Waals surface area contributed by atoms with Gasteiger partial charge in [-0.15, -0.1) is 0 Å². The Morgan fingerprint density at radius 1 is 1.71 bits per heavy atom. The fraction of sp³-hybridized carbons (Fsp3) is 0.667. The third-order valence-corrected chi connectivity index (χ3v) is 0.357. The molecule has 1 atom stereocenters. The quantitative estimate of drug-likeness (QED) is 0.498. The number of hydrogen-bond donors (Lipinski definition) is 2. The van der Waals surface area contributed by atoms with Gasteiger partial charge >= 0.3 is 5.97 Å². The highest BCUT2D eigenvalue weighted by molar-refractivity contribution is 7.59. The van der Waals surface area contributed by atoms with Gasteiger partial charge in [0, 0.05) is 0 Å². The summed E-state index contributed by atoms with van der Waals surface area (Å²) in [5.74, 6) is -1.19. The zero-order valence-electron chi connectivity index (χ0n) is 3.88. The lowest BCUT2D eigenvalue weighted by atomic mass is 10.4. The molecule has 0 radical (unpaired) electrons. The van der Waals surface area contributed by atoms with Crippen molar-refractivity contribution >= 4 is 19.5 Å². The maximum absolute atomic E-state index is 9.45. The first-order valence-electron chi connectivity index (χ1n) is 1.55. The fourth-order valence-corrected chi connectivity index (χ4v) is 0. The first-order chi connectivity index (χ1) is 2.64. The summed E-state index contributed by atoms with van der Waals surface area (Å²) in [7, 11) is 0. The summed E-state index contributed by atoms with van der Waals surface area (Å²) in [4.78, 5) is 9.45. The summed E-state index contributed by atoms with van der Waals surface area (Å²) in [6.07, 6.45) is -1.23. The predicted molar refractivity (Wildman–Crippen MR) is 29.7 cm³/mol. The van der Waals surface area contributed by atoms with Crippen molar-refractivity contribution in [3.05, 3.63) is 0 Å². The number of aliphatic carboxylic acids is 1. The Hall–Kier alpha value is -0.220. The van der Waals surface area contributed by atoms with E-state index in [0.29, 0.717) is 0 Å². The van der Waals surface area contributed by atoms with E-state index in [0.717, 1.165) is 0 Å². The van der Waals surface area contributed by atoms with Gasteiger partial charge in [0.1, 0.15) is 6.10 Å². The summed E-state index contributed by atoms with van der Waals surface area (Å²) in [5, 5.41) is 15.8. The lowest BCUT2D eigenvalue weighted by Crippen LogP contribution is -2.13. The molecule has 0 spiro atoms. The van der Waals surface area contributed by atoms with E-state index in [2.05, 4.69) is 0 Å². The lowest BCUT2D eigenvalue weighted by molar-refractivity contribution is -0.145. The van der Waals surface area contributed by atoms with Crippen LogP contribution in [0.5, 0.6) is 0 Å². The molecule has 3 nitrogen and oxygen atoms in total. The molecule has 0 saturated heterocycles. The van der Waals surface area contributed by atoms with Gasteiger partial charge in [-0.25, -0.2) is 4.79 Å². The minimum atomic E-state index is -1.23. The van der Waals surface area contributed by atoms with Gasteiger partial charge in [-0.2, -0.15) is 13.5 Å². The molecule has 0 aromatic carbocycles. The highest BCUT2D eigenvalue weighted by atomic mass is 32.1. The van der Waals surface area contributed by atoms with Crippen molar-refractivity contribution in [1.29, 1.82) is 0 Å². The lowest BCUT2D eigenvalue weighted by Gasteiger charge is -1.89. The van der Waals surface area contributed by atoms with Gasteiger partial charge in [0.2, 0.25) is 0 Å². The number of hydrogen-bond acceptors (Lipinski definition) is 2. The topological polar surface area (TPSA) is 57.5 Å². The molecule has 2 N–H and O–H groups in total. The molecule has 4 heteroatoms. The molecule has 0 aliphatic carbocycles. The van der Waals surface area contributed by atoms with Crippen LogP contribution in [-0.4, -0.2) is 22.3 Å². The number of aliphatic hydroxyl groups excluding tert-OH is 1. The Labute approximate surface area is 48.4 Å². The Morgan fingerprint density at radius 3 is 1.86 bits per heavy atom. The Balaban J connectivity index is 0. The molecule has 0 rings (SSSR count). The van der Waals surface area contributed by atoms with Crippen molar-refractivity contribution in [3.8, 4) is 0 Å². The van der Waals surface area contributed by atoms with Gasteiger partial charge in [-0.3, -0.25) is 0 Å². The highest BCUT2D eigenvalue weighted by Crippen LogP contribution is 1.73. The van der Waals surface area contributed by atoms with E-state index in [9.17, 15) is 4.79 Å². The van der Waals surface area contributed by atoms with E-state index >= 15 is 0 Å². The molecular weight excluding hydrogens is 116 g/mol. The third kappa shape index (κ3) is 5.78. The maximum Gasteiger partial charge on any atom is 0.332 e. The molecule has 0 aliphatic rings. The van der Waals surface area contributed by atoms with Crippen LogP contribution in [0.25, 0.3) is 0 Å². The van der Waals surface area contributed by atoms with Gasteiger partial charge < -0.3 is 10.2 Å². The maximum atomic E-state index is 9.45. The van der Waals surface area contributed by atoms with Crippen LogP contribution in [0.4, 0.5) is 0 Å². The van der Waals surface area contributed by atoms with Crippen LogP contribution < -0.4 is 0 Å². The summed E-state index contributed by atoms with van der Waals surface area (Å²) < 4.78 is 0. The predicted octanol–water partition coefficient (Wildman–Crippen LogP) is -0.435. The minimum Gasteiger partial charge on any atom is -0.479 e. The van der Waals surface area contributed by atoms with E-state index in [1.165, 1.54) is 6.92 Å². The zero-order valence-corrected chi connectivity index (χ0v) is 4.88. The van der Waals surface area contributed by atoms with Crippen molar-refractivity contribution in [3.63, 3.8) is 0 Å². The first-order valence-corrected chi connectivity index (χ1v) is 1.55. The largest absolute Gasteiger partial charge is 0.479 e. The molecule has 1 unspecified atom stereocenters. The smallest absolute Gasteiger partial charge is 0.332 e. The van der Waals surface area contributed by atoms with E-state index in [-0.39, 0.29) is 13.5 Å². The van der Waals surface area contributed by atoms with Gasteiger partial charge in [-0.1, -0.05) is 0 Å². The molecule has 7 heavy (non-hydrogen) atoms. The van der Waals surface area contributed by atoms with Gasteiger partial charge in [0.15, 0.2) is 0 Å². The second kappa shape index (κ2) is 3.95. The fourth-order valence-electron chi connectivity index (χ4n) is 0. The monoisotopic (exact) mass is 124 g/mol. The van der Waals surface area contributed by atoms with Crippen LogP contribution in [-0.2, 0) is 4.79 Å². The van der Waals surface area contributed by atoms with Crippen molar-refractivity contribution in [2.45, 2.75) is 13.0 Å². The van der Waals surface area contributed by atoms with E-state index in [1.54, 1.807) is 0 Å².